The van der Waals surface area contributed by atoms with Crippen molar-refractivity contribution in [2.75, 3.05) is 5.32 Å². The summed E-state index contributed by atoms with van der Waals surface area (Å²) in [6.45, 7) is 2.85. The van der Waals surface area contributed by atoms with Crippen LogP contribution < -0.4 is 5.32 Å². The number of fused-ring (bicyclic) bond motifs is 2. The summed E-state index contributed by atoms with van der Waals surface area (Å²) in [5, 5.41) is 12.2. The molecule has 1 aromatic heterocycles. The van der Waals surface area contributed by atoms with Gasteiger partial charge in [-0.2, -0.15) is 5.10 Å². The maximum Gasteiger partial charge on any atom is 0.256 e. The molecule has 0 radical (unpaired) electrons. The third kappa shape index (κ3) is 3.22. The standard InChI is InChI=1S/C24H20N4O2/c1-15-6-8-17(9-7-15)24(30)28-13-20-21(14-28)26-27-22(20)25-23(29)19-11-10-16-4-2-3-5-18(16)12-19/h2-12H,13-14H2,1H3,(H2,25,26,27,29). The molecule has 0 bridgehead atoms. The number of aromatic amines is 1. The molecule has 6 heteroatoms. The van der Waals surface area contributed by atoms with Crippen LogP contribution in [0.4, 0.5) is 5.82 Å². The highest BCUT2D eigenvalue weighted by Gasteiger charge is 2.29. The summed E-state index contributed by atoms with van der Waals surface area (Å²) in [7, 11) is 0. The number of rotatable bonds is 3. The summed E-state index contributed by atoms with van der Waals surface area (Å²) < 4.78 is 0. The number of aromatic nitrogens is 2. The van der Waals surface area contributed by atoms with Gasteiger partial charge in [0.2, 0.25) is 0 Å². The van der Waals surface area contributed by atoms with Gasteiger partial charge in [0, 0.05) is 16.7 Å². The van der Waals surface area contributed by atoms with Crippen molar-refractivity contribution >= 4 is 28.4 Å². The third-order valence-corrected chi connectivity index (χ3v) is 5.48. The molecule has 4 aromatic rings. The minimum absolute atomic E-state index is 0.0357. The average molecular weight is 396 g/mol. The zero-order chi connectivity index (χ0) is 20.7. The van der Waals surface area contributed by atoms with Gasteiger partial charge in [0.05, 0.1) is 18.8 Å². The van der Waals surface area contributed by atoms with Gasteiger partial charge in [-0.1, -0.05) is 48.0 Å². The number of anilines is 1. The van der Waals surface area contributed by atoms with E-state index in [-0.39, 0.29) is 11.8 Å². The molecule has 6 nitrogen and oxygen atoms in total. The Balaban J connectivity index is 1.33. The Labute approximate surface area is 173 Å². The average Bonchev–Trinajstić information content (AvgIpc) is 3.35. The summed E-state index contributed by atoms with van der Waals surface area (Å²) in [6, 6.07) is 21.0. The second-order valence-electron chi connectivity index (χ2n) is 7.57. The smallest absolute Gasteiger partial charge is 0.256 e. The molecule has 0 aliphatic carbocycles. The summed E-state index contributed by atoms with van der Waals surface area (Å²) in [6.07, 6.45) is 0. The highest BCUT2D eigenvalue weighted by Crippen LogP contribution is 2.29. The molecule has 0 spiro atoms. The summed E-state index contributed by atoms with van der Waals surface area (Å²) in [5.74, 6) is 0.215. The molecular formula is C24H20N4O2. The number of amides is 2. The zero-order valence-corrected chi connectivity index (χ0v) is 16.5. The van der Waals surface area contributed by atoms with Crippen LogP contribution in [-0.2, 0) is 13.1 Å². The number of carbonyl (C=O) groups is 2. The lowest BCUT2D eigenvalue weighted by atomic mass is 10.1. The van der Waals surface area contributed by atoms with Crippen LogP contribution in [-0.4, -0.2) is 26.9 Å². The summed E-state index contributed by atoms with van der Waals surface area (Å²) in [5.41, 5.74) is 4.03. The van der Waals surface area contributed by atoms with Gasteiger partial charge in [0.1, 0.15) is 0 Å². The van der Waals surface area contributed by atoms with Crippen LogP contribution in [0.15, 0.2) is 66.7 Å². The lowest BCUT2D eigenvalue weighted by Crippen LogP contribution is -2.26. The normalized spacial score (nSPS) is 12.8. The first kappa shape index (κ1) is 18.1. The molecule has 0 atom stereocenters. The van der Waals surface area contributed by atoms with Crippen LogP contribution in [0.1, 0.15) is 37.5 Å². The third-order valence-electron chi connectivity index (χ3n) is 5.48. The van der Waals surface area contributed by atoms with Crippen molar-refractivity contribution in [2.45, 2.75) is 20.0 Å². The van der Waals surface area contributed by atoms with Crippen LogP contribution in [0.5, 0.6) is 0 Å². The Kier molecular flexibility index (Phi) is 4.32. The van der Waals surface area contributed by atoms with Gasteiger partial charge >= 0.3 is 0 Å². The molecule has 5 rings (SSSR count). The Bertz CT molecular complexity index is 1270. The number of hydrogen-bond acceptors (Lipinski definition) is 3. The number of aryl methyl sites for hydroxylation is 1. The second kappa shape index (κ2) is 7.15. The van der Waals surface area contributed by atoms with Crippen LogP contribution >= 0.6 is 0 Å². The Morgan fingerprint density at radius 1 is 0.933 bits per heavy atom. The Hall–Kier alpha value is -3.93. The van der Waals surface area contributed by atoms with E-state index in [4.69, 9.17) is 0 Å². The molecule has 3 aromatic carbocycles. The topological polar surface area (TPSA) is 78.1 Å². The number of nitrogens with zero attached hydrogens (tertiary/aromatic N) is 2. The number of hydrogen-bond donors (Lipinski definition) is 2. The van der Waals surface area contributed by atoms with E-state index in [9.17, 15) is 9.59 Å². The fourth-order valence-corrected chi connectivity index (χ4v) is 3.78. The van der Waals surface area contributed by atoms with Crippen molar-refractivity contribution < 1.29 is 9.59 Å². The summed E-state index contributed by atoms with van der Waals surface area (Å²) >= 11 is 0. The zero-order valence-electron chi connectivity index (χ0n) is 16.5. The van der Waals surface area contributed by atoms with Crippen molar-refractivity contribution in [1.29, 1.82) is 0 Å². The predicted octanol–water partition coefficient (Wildman–Crippen LogP) is 4.28. The first-order chi connectivity index (χ1) is 14.6. The quantitative estimate of drug-likeness (QED) is 0.543. The van der Waals surface area contributed by atoms with Gasteiger partial charge in [0.25, 0.3) is 11.8 Å². The van der Waals surface area contributed by atoms with E-state index >= 15 is 0 Å². The number of carbonyl (C=O) groups excluding carboxylic acids is 2. The van der Waals surface area contributed by atoms with E-state index in [2.05, 4.69) is 15.5 Å². The maximum absolute atomic E-state index is 12.8. The molecule has 2 heterocycles. The fourth-order valence-electron chi connectivity index (χ4n) is 3.78. The largest absolute Gasteiger partial charge is 0.328 e. The highest BCUT2D eigenvalue weighted by atomic mass is 16.2. The van der Waals surface area contributed by atoms with E-state index in [1.54, 1.807) is 11.0 Å². The van der Waals surface area contributed by atoms with Gasteiger partial charge < -0.3 is 10.2 Å². The van der Waals surface area contributed by atoms with Gasteiger partial charge in [-0.25, -0.2) is 0 Å². The predicted molar refractivity (Wildman–Crippen MR) is 115 cm³/mol. The van der Waals surface area contributed by atoms with E-state index < -0.39 is 0 Å². The minimum atomic E-state index is -0.224. The van der Waals surface area contributed by atoms with E-state index in [0.717, 1.165) is 27.6 Å². The van der Waals surface area contributed by atoms with Crippen molar-refractivity contribution in [3.05, 3.63) is 94.7 Å². The van der Waals surface area contributed by atoms with Crippen molar-refractivity contribution in [3.8, 4) is 0 Å². The van der Waals surface area contributed by atoms with E-state index in [1.807, 2.05) is 67.6 Å². The lowest BCUT2D eigenvalue weighted by molar-refractivity contribution is 0.0749. The van der Waals surface area contributed by atoms with Gasteiger partial charge in [-0.15, -0.1) is 0 Å². The number of benzene rings is 3. The molecule has 148 valence electrons. The molecule has 2 N–H and O–H groups in total. The molecule has 1 aliphatic heterocycles. The van der Waals surface area contributed by atoms with Crippen LogP contribution in [0, 0.1) is 6.92 Å². The Morgan fingerprint density at radius 3 is 2.47 bits per heavy atom. The van der Waals surface area contributed by atoms with Gasteiger partial charge in [-0.05, 0) is 42.0 Å². The first-order valence-corrected chi connectivity index (χ1v) is 9.81. The van der Waals surface area contributed by atoms with E-state index in [1.165, 1.54) is 0 Å². The molecule has 0 saturated heterocycles. The van der Waals surface area contributed by atoms with Crippen LogP contribution in [0.2, 0.25) is 0 Å². The SMILES string of the molecule is Cc1ccc(C(=O)N2Cc3[nH]nc(NC(=O)c4ccc5ccccc5c4)c3C2)cc1. The lowest BCUT2D eigenvalue weighted by Gasteiger charge is -2.16. The minimum Gasteiger partial charge on any atom is -0.328 e. The van der Waals surface area contributed by atoms with Crippen molar-refractivity contribution in [3.63, 3.8) is 0 Å². The van der Waals surface area contributed by atoms with Crippen molar-refractivity contribution in [1.82, 2.24) is 15.1 Å². The Morgan fingerprint density at radius 2 is 1.67 bits per heavy atom. The molecule has 2 amide bonds. The van der Waals surface area contributed by atoms with Crippen molar-refractivity contribution in [2.24, 2.45) is 0 Å². The maximum atomic E-state index is 12.8. The second-order valence-corrected chi connectivity index (χ2v) is 7.57. The number of H-pyrrole nitrogens is 1. The van der Waals surface area contributed by atoms with E-state index in [0.29, 0.717) is 30.0 Å². The molecule has 1 aliphatic rings. The van der Waals surface area contributed by atoms with Gasteiger partial charge in [0.15, 0.2) is 5.82 Å². The molecule has 0 unspecified atom stereocenters. The van der Waals surface area contributed by atoms with Crippen LogP contribution in [0.3, 0.4) is 0 Å². The molecule has 0 fully saturated rings. The van der Waals surface area contributed by atoms with Gasteiger partial charge in [-0.3, -0.25) is 14.7 Å². The monoisotopic (exact) mass is 396 g/mol. The number of nitrogens with one attached hydrogen (secondary N) is 2. The molecule has 30 heavy (non-hydrogen) atoms. The first-order valence-electron chi connectivity index (χ1n) is 9.81. The fraction of sp³-hybridized carbons (Fsp3) is 0.125. The summed E-state index contributed by atoms with van der Waals surface area (Å²) in [4.78, 5) is 27.3. The highest BCUT2D eigenvalue weighted by molar-refractivity contribution is 6.06. The molecule has 0 saturated carbocycles. The molecular weight excluding hydrogens is 376 g/mol. The van der Waals surface area contributed by atoms with Crippen LogP contribution in [0.25, 0.3) is 10.8 Å².